The molecule has 7 aliphatic rings. The lowest BCUT2D eigenvalue weighted by atomic mass is 9.56. The summed E-state index contributed by atoms with van der Waals surface area (Å²) in [5, 5.41) is 0.456. The molecule has 13 heteroatoms. The zero-order valence-electron chi connectivity index (χ0n) is 27.1. The van der Waals surface area contributed by atoms with Crippen LogP contribution in [0.15, 0.2) is 22.8 Å². The quantitative estimate of drug-likeness (QED) is 0.225. The number of likely N-dealkylation sites (tertiary alicyclic amines) is 1. The van der Waals surface area contributed by atoms with Gasteiger partial charge in [-0.1, -0.05) is 37.5 Å². The maximum Gasteiger partial charge on any atom is 0.534 e. The first-order valence-electron chi connectivity index (χ1n) is 16.8. The minimum absolute atomic E-state index is 0.0116. The van der Waals surface area contributed by atoms with Crippen LogP contribution in [0.5, 0.6) is 0 Å². The van der Waals surface area contributed by atoms with Crippen LogP contribution in [-0.4, -0.2) is 76.2 Å². The Bertz CT molecular complexity index is 1490. The van der Waals surface area contributed by atoms with Crippen LogP contribution in [0.4, 0.5) is 18.0 Å². The first-order valence-corrected chi connectivity index (χ1v) is 16.8. The molecule has 1 spiro atoms. The van der Waals surface area contributed by atoms with E-state index < -0.39 is 65.2 Å². The van der Waals surface area contributed by atoms with Crippen molar-refractivity contribution in [2.75, 3.05) is 6.54 Å². The van der Waals surface area contributed by atoms with Gasteiger partial charge in [0, 0.05) is 43.2 Å². The highest BCUT2D eigenvalue weighted by Gasteiger charge is 2.65. The van der Waals surface area contributed by atoms with E-state index in [0.717, 1.165) is 21.6 Å². The molecule has 4 aliphatic carbocycles. The van der Waals surface area contributed by atoms with Crippen molar-refractivity contribution in [2.45, 2.75) is 116 Å². The lowest BCUT2D eigenvalue weighted by Gasteiger charge is -2.48. The predicted molar refractivity (Wildman–Crippen MR) is 157 cm³/mol. The molecule has 2 saturated carbocycles. The van der Waals surface area contributed by atoms with Gasteiger partial charge in [-0.05, 0) is 74.2 Å². The van der Waals surface area contributed by atoms with Gasteiger partial charge in [-0.2, -0.15) is 13.2 Å². The summed E-state index contributed by atoms with van der Waals surface area (Å²) in [5.41, 5.74) is 1.20. The fourth-order valence-electron chi connectivity index (χ4n) is 10.5. The molecule has 0 aromatic rings. The smallest absolute Gasteiger partial charge is 0.429 e. The number of hydrogen-bond donors (Lipinski definition) is 0. The number of amides is 3. The topological polar surface area (TPSA) is 120 Å². The lowest BCUT2D eigenvalue weighted by Crippen LogP contribution is -2.57. The maximum absolute atomic E-state index is 14.5. The van der Waals surface area contributed by atoms with Crippen molar-refractivity contribution in [1.29, 1.82) is 0 Å². The Kier molecular flexibility index (Phi) is 7.50. The summed E-state index contributed by atoms with van der Waals surface area (Å²) in [6.07, 6.45) is -1.09. The summed E-state index contributed by atoms with van der Waals surface area (Å²) in [4.78, 5) is 69.1. The molecule has 7 rings (SSSR count). The average molecular weight is 663 g/mol. The Hall–Kier alpha value is -3.22. The molecule has 256 valence electrons. The van der Waals surface area contributed by atoms with Gasteiger partial charge in [0.15, 0.2) is 5.78 Å². The van der Waals surface area contributed by atoms with Crippen molar-refractivity contribution < 1.29 is 51.5 Å². The number of imide groups is 1. The number of fused-ring (bicyclic) bond motifs is 6. The number of ketones is 1. The molecule has 0 aromatic heterocycles. The molecule has 3 aliphatic heterocycles. The van der Waals surface area contributed by atoms with Crippen molar-refractivity contribution in [3.8, 4) is 0 Å². The van der Waals surface area contributed by atoms with Crippen LogP contribution >= 0.6 is 0 Å². The number of carbonyl (C=O) groups excluding carboxylic acids is 5. The van der Waals surface area contributed by atoms with E-state index in [1.807, 2.05) is 20.8 Å². The fourth-order valence-corrected chi connectivity index (χ4v) is 10.5. The zero-order valence-corrected chi connectivity index (χ0v) is 27.1. The molecule has 3 amide bonds. The first-order chi connectivity index (χ1) is 22.1. The molecule has 10 atom stereocenters. The third-order valence-electron chi connectivity index (χ3n) is 12.7. The standard InChI is InChI=1S/C34H41F3N2O8/c1-16-13-23-28(38(15-16)30(43)34(35,36)37)18(3)33(46-23)12-10-21-22-6-5-19-14-20(45-31(44)47-39-24(40)7-8-25(39)41)9-11-32(19,4)27(22)29(42)26(21)17(33)2/h5,16,18,20-23,27-28H,6-15H2,1-4H3/t16-,18+,20-,21-,22-,23+,27+,28-,32-,33-/m0/s1. The third kappa shape index (κ3) is 4.80. The van der Waals surface area contributed by atoms with Crippen LogP contribution in [-0.2, 0) is 33.5 Å². The number of ether oxygens (including phenoxy) is 2. The van der Waals surface area contributed by atoms with Crippen LogP contribution < -0.4 is 0 Å². The van der Waals surface area contributed by atoms with E-state index in [1.165, 1.54) is 0 Å². The molecule has 3 saturated heterocycles. The van der Waals surface area contributed by atoms with Gasteiger partial charge >= 0.3 is 18.2 Å². The maximum atomic E-state index is 14.5. The largest absolute Gasteiger partial charge is 0.534 e. The lowest BCUT2D eigenvalue weighted by molar-refractivity contribution is -0.192. The molecule has 5 fully saturated rings. The average Bonchev–Trinajstić information content (AvgIpc) is 3.59. The van der Waals surface area contributed by atoms with Gasteiger partial charge in [0.05, 0.1) is 17.7 Å². The van der Waals surface area contributed by atoms with Gasteiger partial charge in [-0.3, -0.25) is 24.0 Å². The van der Waals surface area contributed by atoms with Gasteiger partial charge in [0.2, 0.25) is 0 Å². The molecule has 0 radical (unpaired) electrons. The number of hydrogen-bond acceptors (Lipinski definition) is 8. The summed E-state index contributed by atoms with van der Waals surface area (Å²) in [6.45, 7) is 7.73. The Labute approximate surface area is 270 Å². The molecule has 0 N–H and O–H groups in total. The van der Waals surface area contributed by atoms with E-state index >= 15 is 0 Å². The third-order valence-corrected chi connectivity index (χ3v) is 12.7. The van der Waals surface area contributed by atoms with Crippen LogP contribution in [0.1, 0.15) is 85.5 Å². The van der Waals surface area contributed by atoms with Gasteiger partial charge in [0.1, 0.15) is 6.10 Å². The van der Waals surface area contributed by atoms with Gasteiger partial charge in [-0.15, -0.1) is 0 Å². The second-order valence-corrected chi connectivity index (χ2v) is 15.1. The van der Waals surface area contributed by atoms with Crippen molar-refractivity contribution in [3.63, 3.8) is 0 Å². The predicted octanol–water partition coefficient (Wildman–Crippen LogP) is 5.21. The highest BCUT2D eigenvalue weighted by atomic mass is 19.4. The second kappa shape index (κ2) is 10.9. The molecule has 3 heterocycles. The minimum atomic E-state index is -4.98. The highest BCUT2D eigenvalue weighted by Crippen LogP contribution is 2.64. The van der Waals surface area contributed by atoms with Gasteiger partial charge in [-0.25, -0.2) is 4.79 Å². The molecule has 0 bridgehead atoms. The highest BCUT2D eigenvalue weighted by molar-refractivity contribution is 6.03. The minimum Gasteiger partial charge on any atom is -0.429 e. The van der Waals surface area contributed by atoms with Gasteiger partial charge < -0.3 is 14.4 Å². The summed E-state index contributed by atoms with van der Waals surface area (Å²) >= 11 is 0. The number of nitrogens with zero attached hydrogens (tertiary/aromatic N) is 2. The van der Waals surface area contributed by atoms with E-state index in [-0.39, 0.29) is 48.8 Å². The number of rotatable bonds is 2. The Morgan fingerprint density at radius 2 is 1.77 bits per heavy atom. The molecular formula is C34H41F3N2O8. The monoisotopic (exact) mass is 662 g/mol. The van der Waals surface area contributed by atoms with Crippen molar-refractivity contribution in [1.82, 2.24) is 9.96 Å². The number of allylic oxidation sites excluding steroid dienone is 2. The Balaban J connectivity index is 1.11. The number of piperidine rings is 1. The van der Waals surface area contributed by atoms with Crippen molar-refractivity contribution in [3.05, 3.63) is 22.8 Å². The van der Waals surface area contributed by atoms with Crippen LogP contribution in [0.2, 0.25) is 0 Å². The fraction of sp³-hybridized carbons (Fsp3) is 0.735. The van der Waals surface area contributed by atoms with Crippen LogP contribution in [0.25, 0.3) is 0 Å². The number of alkyl halides is 3. The van der Waals surface area contributed by atoms with Gasteiger partial charge in [0.25, 0.3) is 11.8 Å². The van der Waals surface area contributed by atoms with E-state index in [1.54, 1.807) is 0 Å². The summed E-state index contributed by atoms with van der Waals surface area (Å²) in [5.74, 6) is -3.71. The van der Waals surface area contributed by atoms with Crippen molar-refractivity contribution >= 4 is 29.7 Å². The van der Waals surface area contributed by atoms with Crippen molar-refractivity contribution in [2.24, 2.45) is 35.0 Å². The number of hydroxylamine groups is 2. The van der Waals surface area contributed by atoms with E-state index in [0.29, 0.717) is 50.0 Å². The van der Waals surface area contributed by atoms with E-state index in [2.05, 4.69) is 13.0 Å². The Morgan fingerprint density at radius 3 is 2.45 bits per heavy atom. The van der Waals surface area contributed by atoms with E-state index in [4.69, 9.17) is 14.3 Å². The SMILES string of the molecule is CC1=C2C(=O)[C@H]3[C@@H](CC=C4C[C@@H](OC(=O)ON5C(=O)CCC5=O)CC[C@@]43C)[C@@H]2CC[C@]12O[C@@H]1C[C@H](C)CN(C(=O)C(F)(F)F)[C@H]1[C@H]2C. The molecule has 0 unspecified atom stereocenters. The molecule has 0 aromatic carbocycles. The Morgan fingerprint density at radius 1 is 1.06 bits per heavy atom. The molecular weight excluding hydrogens is 621 g/mol. The summed E-state index contributed by atoms with van der Waals surface area (Å²) in [6, 6.07) is -0.722. The zero-order chi connectivity index (χ0) is 33.8. The first kappa shape index (κ1) is 32.3. The van der Waals surface area contributed by atoms with Crippen LogP contribution in [0, 0.1) is 35.0 Å². The summed E-state index contributed by atoms with van der Waals surface area (Å²) < 4.78 is 53.3. The number of halogens is 3. The summed E-state index contributed by atoms with van der Waals surface area (Å²) in [7, 11) is 0. The second-order valence-electron chi connectivity index (χ2n) is 15.1. The molecule has 10 nitrogen and oxygen atoms in total. The van der Waals surface area contributed by atoms with E-state index in [9.17, 15) is 37.1 Å². The molecule has 47 heavy (non-hydrogen) atoms. The number of Topliss-reactive ketones (excluding diaryl/α,β-unsaturated/α-hetero) is 1. The number of carbonyl (C=O) groups is 5. The van der Waals surface area contributed by atoms with Crippen LogP contribution in [0.3, 0.4) is 0 Å². The normalized spacial score (nSPS) is 41.4.